The summed E-state index contributed by atoms with van der Waals surface area (Å²) in [5.74, 6) is -0.979. The average molecular weight is 273 g/mol. The molecule has 19 heavy (non-hydrogen) atoms. The van der Waals surface area contributed by atoms with Crippen LogP contribution in [-0.4, -0.2) is 25.2 Å². The van der Waals surface area contributed by atoms with Gasteiger partial charge in [0.1, 0.15) is 5.75 Å². The van der Waals surface area contributed by atoms with Crippen LogP contribution in [0.5, 0.6) is 5.75 Å². The van der Waals surface area contributed by atoms with E-state index in [2.05, 4.69) is 0 Å². The van der Waals surface area contributed by atoms with Gasteiger partial charge in [0.2, 0.25) is 0 Å². The lowest BCUT2D eigenvalue weighted by Gasteiger charge is -2.25. The molecule has 1 unspecified atom stereocenters. The molecule has 1 heterocycles. The van der Waals surface area contributed by atoms with Crippen LogP contribution in [0.2, 0.25) is 0 Å². The van der Waals surface area contributed by atoms with Crippen LogP contribution >= 0.6 is 0 Å². The summed E-state index contributed by atoms with van der Waals surface area (Å²) < 4.78 is 41.5. The molecule has 0 saturated heterocycles. The summed E-state index contributed by atoms with van der Waals surface area (Å²) in [7, 11) is 0. The van der Waals surface area contributed by atoms with Gasteiger partial charge in [-0.05, 0) is 30.4 Å². The molecule has 1 aliphatic heterocycles. The minimum atomic E-state index is -4.81. The second-order valence-electron chi connectivity index (χ2n) is 4.41. The number of hydrogen-bond donors (Lipinski definition) is 1. The standard InChI is InChI=1S/C13H14F3NO2/c14-13(15,16)12(18)17-7-5-9-6-8-19-11-4-2-1-3-10(9)11/h1-4,9H,5-8H2,(H,17,18). The number of para-hydroxylation sites is 1. The van der Waals surface area contributed by atoms with Crippen molar-refractivity contribution >= 4 is 5.91 Å². The van der Waals surface area contributed by atoms with Crippen LogP contribution in [0.1, 0.15) is 24.3 Å². The fraction of sp³-hybridized carbons (Fsp3) is 0.462. The number of halogens is 3. The Labute approximate surface area is 108 Å². The normalized spacial score (nSPS) is 18.4. The Bertz CT molecular complexity index is 459. The number of nitrogens with one attached hydrogen (secondary N) is 1. The molecular formula is C13H14F3NO2. The minimum absolute atomic E-state index is 0.0113. The van der Waals surface area contributed by atoms with E-state index < -0.39 is 12.1 Å². The van der Waals surface area contributed by atoms with Crippen LogP contribution in [0.15, 0.2) is 24.3 Å². The van der Waals surface area contributed by atoms with Gasteiger partial charge in [0.05, 0.1) is 6.61 Å². The van der Waals surface area contributed by atoms with Crippen LogP contribution in [0.4, 0.5) is 13.2 Å². The molecular weight excluding hydrogens is 259 g/mol. The van der Waals surface area contributed by atoms with Crippen molar-refractivity contribution in [1.82, 2.24) is 5.32 Å². The van der Waals surface area contributed by atoms with Crippen molar-refractivity contribution < 1.29 is 22.7 Å². The highest BCUT2D eigenvalue weighted by Crippen LogP contribution is 2.35. The number of fused-ring (bicyclic) bond motifs is 1. The Morgan fingerprint density at radius 2 is 2.11 bits per heavy atom. The third-order valence-electron chi connectivity index (χ3n) is 3.12. The van der Waals surface area contributed by atoms with Crippen LogP contribution in [0.25, 0.3) is 0 Å². The second kappa shape index (κ2) is 5.50. The van der Waals surface area contributed by atoms with E-state index in [-0.39, 0.29) is 12.5 Å². The lowest BCUT2D eigenvalue weighted by molar-refractivity contribution is -0.173. The zero-order chi connectivity index (χ0) is 13.9. The van der Waals surface area contributed by atoms with Crippen molar-refractivity contribution in [3.63, 3.8) is 0 Å². The summed E-state index contributed by atoms with van der Waals surface area (Å²) in [5, 5.41) is 1.90. The topological polar surface area (TPSA) is 38.3 Å². The molecule has 1 aromatic rings. The number of benzene rings is 1. The molecule has 1 N–H and O–H groups in total. The summed E-state index contributed by atoms with van der Waals surface area (Å²) in [6.45, 7) is 0.562. The Kier molecular flexibility index (Phi) is 3.97. The van der Waals surface area contributed by atoms with E-state index in [0.717, 1.165) is 17.7 Å². The summed E-state index contributed by atoms with van der Waals surface area (Å²) in [6.07, 6.45) is -3.59. The summed E-state index contributed by atoms with van der Waals surface area (Å²) in [4.78, 5) is 10.7. The fourth-order valence-corrected chi connectivity index (χ4v) is 2.18. The Balaban J connectivity index is 1.90. The van der Waals surface area contributed by atoms with Crippen molar-refractivity contribution in [2.75, 3.05) is 13.2 Å². The van der Waals surface area contributed by atoms with Gasteiger partial charge in [-0.2, -0.15) is 13.2 Å². The quantitative estimate of drug-likeness (QED) is 0.919. The number of carbonyl (C=O) groups is 1. The summed E-state index contributed by atoms with van der Waals surface area (Å²) in [5.41, 5.74) is 0.995. The van der Waals surface area contributed by atoms with E-state index in [1.54, 1.807) is 0 Å². The number of ether oxygens (including phenoxy) is 1. The number of amides is 1. The van der Waals surface area contributed by atoms with Gasteiger partial charge in [-0.1, -0.05) is 18.2 Å². The van der Waals surface area contributed by atoms with Crippen molar-refractivity contribution in [3.8, 4) is 5.75 Å². The Morgan fingerprint density at radius 3 is 2.84 bits per heavy atom. The minimum Gasteiger partial charge on any atom is -0.493 e. The first-order valence-corrected chi connectivity index (χ1v) is 6.05. The van der Waals surface area contributed by atoms with E-state index in [4.69, 9.17) is 4.74 Å². The lowest BCUT2D eigenvalue weighted by atomic mass is 9.90. The Hall–Kier alpha value is -1.72. The van der Waals surface area contributed by atoms with Gasteiger partial charge in [-0.3, -0.25) is 4.79 Å². The summed E-state index contributed by atoms with van der Waals surface area (Å²) >= 11 is 0. The lowest BCUT2D eigenvalue weighted by Crippen LogP contribution is -2.37. The molecule has 104 valence electrons. The van der Waals surface area contributed by atoms with E-state index in [9.17, 15) is 18.0 Å². The van der Waals surface area contributed by atoms with E-state index in [0.29, 0.717) is 13.0 Å². The van der Waals surface area contributed by atoms with Crippen LogP contribution in [-0.2, 0) is 4.79 Å². The highest BCUT2D eigenvalue weighted by Gasteiger charge is 2.38. The number of rotatable bonds is 3. The predicted molar refractivity (Wildman–Crippen MR) is 63.0 cm³/mol. The van der Waals surface area contributed by atoms with Crippen molar-refractivity contribution in [3.05, 3.63) is 29.8 Å². The first-order valence-electron chi connectivity index (χ1n) is 6.05. The average Bonchev–Trinajstić information content (AvgIpc) is 2.38. The molecule has 6 heteroatoms. The molecule has 1 aliphatic rings. The van der Waals surface area contributed by atoms with E-state index in [1.165, 1.54) is 0 Å². The molecule has 0 fully saturated rings. The van der Waals surface area contributed by atoms with Gasteiger partial charge in [-0.25, -0.2) is 0 Å². The van der Waals surface area contributed by atoms with Crippen LogP contribution in [0, 0.1) is 0 Å². The smallest absolute Gasteiger partial charge is 0.471 e. The first kappa shape index (κ1) is 13.7. The molecule has 1 amide bonds. The van der Waals surface area contributed by atoms with Gasteiger partial charge in [-0.15, -0.1) is 0 Å². The molecule has 0 bridgehead atoms. The number of carbonyl (C=O) groups excluding carboxylic acids is 1. The predicted octanol–water partition coefficient (Wildman–Crippen LogP) is 2.62. The van der Waals surface area contributed by atoms with E-state index in [1.807, 2.05) is 29.6 Å². The third kappa shape index (κ3) is 3.39. The second-order valence-corrected chi connectivity index (χ2v) is 4.41. The number of hydrogen-bond acceptors (Lipinski definition) is 2. The zero-order valence-electron chi connectivity index (χ0n) is 10.2. The maximum absolute atomic E-state index is 12.0. The molecule has 1 atom stereocenters. The third-order valence-corrected chi connectivity index (χ3v) is 3.12. The highest BCUT2D eigenvalue weighted by molar-refractivity contribution is 5.81. The van der Waals surface area contributed by atoms with Crippen molar-refractivity contribution in [2.45, 2.75) is 24.9 Å². The molecule has 2 rings (SSSR count). The molecule has 1 aromatic carbocycles. The van der Waals surface area contributed by atoms with Gasteiger partial charge in [0, 0.05) is 6.54 Å². The van der Waals surface area contributed by atoms with Crippen molar-refractivity contribution in [1.29, 1.82) is 0 Å². The SMILES string of the molecule is O=C(NCCC1CCOc2ccccc21)C(F)(F)F. The van der Waals surface area contributed by atoms with Gasteiger partial charge < -0.3 is 10.1 Å². The van der Waals surface area contributed by atoms with Crippen molar-refractivity contribution in [2.24, 2.45) is 0 Å². The number of alkyl halides is 3. The molecule has 0 radical (unpaired) electrons. The van der Waals surface area contributed by atoms with Crippen LogP contribution < -0.4 is 10.1 Å². The van der Waals surface area contributed by atoms with Crippen LogP contribution in [0.3, 0.4) is 0 Å². The monoisotopic (exact) mass is 273 g/mol. The maximum Gasteiger partial charge on any atom is 0.471 e. The zero-order valence-corrected chi connectivity index (χ0v) is 10.2. The van der Waals surface area contributed by atoms with Gasteiger partial charge in [0.25, 0.3) is 0 Å². The molecule has 0 aromatic heterocycles. The molecule has 0 aliphatic carbocycles. The van der Waals surface area contributed by atoms with Gasteiger partial charge in [0.15, 0.2) is 0 Å². The molecule has 0 saturated carbocycles. The van der Waals surface area contributed by atoms with E-state index >= 15 is 0 Å². The Morgan fingerprint density at radius 1 is 1.37 bits per heavy atom. The highest BCUT2D eigenvalue weighted by atomic mass is 19.4. The molecule has 3 nitrogen and oxygen atoms in total. The summed E-state index contributed by atoms with van der Waals surface area (Å²) in [6, 6.07) is 7.47. The van der Waals surface area contributed by atoms with Gasteiger partial charge >= 0.3 is 12.1 Å². The largest absolute Gasteiger partial charge is 0.493 e. The first-order chi connectivity index (χ1) is 8.98. The molecule has 0 spiro atoms. The fourth-order valence-electron chi connectivity index (χ4n) is 2.18. The maximum atomic E-state index is 12.0.